The number of fused-ring (bicyclic) bond motifs is 1. The summed E-state index contributed by atoms with van der Waals surface area (Å²) in [5, 5.41) is 0. The number of hydrogen-bond acceptors (Lipinski definition) is 5. The van der Waals surface area contributed by atoms with Crippen molar-refractivity contribution in [1.29, 1.82) is 0 Å². The third-order valence-corrected chi connectivity index (χ3v) is 3.10. The van der Waals surface area contributed by atoms with E-state index >= 15 is 0 Å². The molecule has 0 atom stereocenters. The van der Waals surface area contributed by atoms with Crippen molar-refractivity contribution in [3.63, 3.8) is 0 Å². The molecule has 0 radical (unpaired) electrons. The van der Waals surface area contributed by atoms with E-state index in [1.165, 1.54) is 5.56 Å². The summed E-state index contributed by atoms with van der Waals surface area (Å²) in [6.07, 6.45) is 1.01. The van der Waals surface area contributed by atoms with Crippen LogP contribution in [0, 0.1) is 0 Å². The zero-order valence-corrected chi connectivity index (χ0v) is 10.2. The molecule has 0 saturated heterocycles. The van der Waals surface area contributed by atoms with Crippen molar-refractivity contribution in [2.24, 2.45) is 0 Å². The van der Waals surface area contributed by atoms with E-state index in [2.05, 4.69) is 33.6 Å². The smallest absolute Gasteiger partial charge is 0.223 e. The third-order valence-electron chi connectivity index (χ3n) is 3.10. The number of likely N-dealkylation sites (N-methyl/N-ethyl adjacent to an activating group) is 1. The monoisotopic (exact) mass is 221 g/mol. The maximum Gasteiger partial charge on any atom is 0.223 e. The number of nitrogens with zero attached hydrogens (tertiary/aromatic N) is 4. The Bertz CT molecular complexity index is 386. The van der Waals surface area contributed by atoms with Crippen molar-refractivity contribution in [2.75, 3.05) is 42.2 Å². The first-order valence-electron chi connectivity index (χ1n) is 5.79. The van der Waals surface area contributed by atoms with Crippen LogP contribution < -0.4 is 15.5 Å². The van der Waals surface area contributed by atoms with E-state index in [9.17, 15) is 0 Å². The summed E-state index contributed by atoms with van der Waals surface area (Å²) < 4.78 is 0. The minimum Gasteiger partial charge on any atom is -0.368 e. The van der Waals surface area contributed by atoms with Gasteiger partial charge in [-0.2, -0.15) is 9.97 Å². The fraction of sp³-hybridized carbons (Fsp3) is 0.636. The fourth-order valence-electron chi connectivity index (χ4n) is 2.19. The maximum absolute atomic E-state index is 5.77. The second-order valence-corrected chi connectivity index (χ2v) is 4.05. The predicted molar refractivity (Wildman–Crippen MR) is 67.0 cm³/mol. The number of rotatable bonds is 3. The van der Waals surface area contributed by atoms with Crippen LogP contribution in [0.1, 0.15) is 19.4 Å². The van der Waals surface area contributed by atoms with Gasteiger partial charge in [0.25, 0.3) is 0 Å². The fourth-order valence-corrected chi connectivity index (χ4v) is 2.19. The topological polar surface area (TPSA) is 58.3 Å². The Morgan fingerprint density at radius 2 is 2.00 bits per heavy atom. The zero-order chi connectivity index (χ0) is 11.7. The van der Waals surface area contributed by atoms with Crippen molar-refractivity contribution in [3.8, 4) is 0 Å². The highest BCUT2D eigenvalue weighted by Gasteiger charge is 2.24. The van der Waals surface area contributed by atoms with Gasteiger partial charge in [-0.15, -0.1) is 0 Å². The summed E-state index contributed by atoms with van der Waals surface area (Å²) in [7, 11) is 2.05. The van der Waals surface area contributed by atoms with E-state index in [1.54, 1.807) is 0 Å². The molecule has 0 aliphatic carbocycles. The summed E-state index contributed by atoms with van der Waals surface area (Å²) >= 11 is 0. The molecule has 0 saturated carbocycles. The van der Waals surface area contributed by atoms with E-state index in [4.69, 9.17) is 5.73 Å². The Labute approximate surface area is 96.3 Å². The molecule has 0 aromatic carbocycles. The molecule has 1 aliphatic rings. The standard InChI is InChI=1S/C11H19N5/c1-4-16(5-2)10-8-6-7-15(3)9(8)13-11(12)14-10/h4-7H2,1-3H3,(H2,12,13,14). The van der Waals surface area contributed by atoms with Crippen LogP contribution in [-0.4, -0.2) is 36.6 Å². The normalized spacial score (nSPS) is 14.1. The van der Waals surface area contributed by atoms with Gasteiger partial charge < -0.3 is 15.5 Å². The molecule has 1 aromatic heterocycles. The van der Waals surface area contributed by atoms with Gasteiger partial charge in [0.2, 0.25) is 5.95 Å². The van der Waals surface area contributed by atoms with Gasteiger partial charge in [-0.05, 0) is 20.3 Å². The number of hydrogen-bond donors (Lipinski definition) is 1. The number of aromatic nitrogens is 2. The van der Waals surface area contributed by atoms with Crippen LogP contribution in [0.5, 0.6) is 0 Å². The molecule has 88 valence electrons. The summed E-state index contributed by atoms with van der Waals surface area (Å²) in [5.41, 5.74) is 7.00. The SMILES string of the molecule is CCN(CC)c1nc(N)nc2c1CCN2C. The average molecular weight is 221 g/mol. The Morgan fingerprint density at radius 1 is 1.31 bits per heavy atom. The van der Waals surface area contributed by atoms with Crippen LogP contribution in [0.25, 0.3) is 0 Å². The molecular weight excluding hydrogens is 202 g/mol. The molecule has 0 bridgehead atoms. The Kier molecular flexibility index (Phi) is 2.85. The highest BCUT2D eigenvalue weighted by molar-refractivity contribution is 5.65. The summed E-state index contributed by atoms with van der Waals surface area (Å²) in [6.45, 7) is 7.16. The largest absolute Gasteiger partial charge is 0.368 e. The van der Waals surface area contributed by atoms with Gasteiger partial charge in [0.1, 0.15) is 11.6 Å². The van der Waals surface area contributed by atoms with Crippen molar-refractivity contribution < 1.29 is 0 Å². The van der Waals surface area contributed by atoms with Crippen LogP contribution in [0.2, 0.25) is 0 Å². The van der Waals surface area contributed by atoms with Gasteiger partial charge >= 0.3 is 0 Å². The quantitative estimate of drug-likeness (QED) is 0.821. The third kappa shape index (κ3) is 1.66. The highest BCUT2D eigenvalue weighted by Crippen LogP contribution is 2.32. The van der Waals surface area contributed by atoms with Crippen molar-refractivity contribution in [3.05, 3.63) is 5.56 Å². The number of anilines is 3. The molecule has 1 aromatic rings. The second kappa shape index (κ2) is 4.15. The van der Waals surface area contributed by atoms with E-state index in [1.807, 2.05) is 7.05 Å². The molecule has 2 rings (SSSR count). The number of nitrogens with two attached hydrogens (primary N) is 1. The predicted octanol–water partition coefficient (Wildman–Crippen LogP) is 0.897. The van der Waals surface area contributed by atoms with E-state index in [-0.39, 0.29) is 0 Å². The van der Waals surface area contributed by atoms with Crippen molar-refractivity contribution >= 4 is 17.6 Å². The van der Waals surface area contributed by atoms with Gasteiger partial charge in [0.05, 0.1) is 0 Å². The minimum absolute atomic E-state index is 0.370. The molecular formula is C11H19N5. The Morgan fingerprint density at radius 3 is 2.62 bits per heavy atom. The minimum atomic E-state index is 0.370. The maximum atomic E-state index is 5.77. The van der Waals surface area contributed by atoms with Gasteiger partial charge in [0, 0.05) is 32.2 Å². The van der Waals surface area contributed by atoms with E-state index in [0.717, 1.165) is 37.7 Å². The van der Waals surface area contributed by atoms with Crippen LogP contribution in [0.3, 0.4) is 0 Å². The lowest BCUT2D eigenvalue weighted by Gasteiger charge is -2.22. The Balaban J connectivity index is 2.49. The Hall–Kier alpha value is -1.52. The van der Waals surface area contributed by atoms with E-state index in [0.29, 0.717) is 5.95 Å². The first kappa shape index (κ1) is 11.0. The van der Waals surface area contributed by atoms with Gasteiger partial charge in [-0.25, -0.2) is 0 Å². The average Bonchev–Trinajstić information content (AvgIpc) is 2.62. The van der Waals surface area contributed by atoms with Crippen molar-refractivity contribution in [2.45, 2.75) is 20.3 Å². The summed E-state index contributed by atoms with van der Waals surface area (Å²) in [6, 6.07) is 0. The molecule has 0 unspecified atom stereocenters. The first-order valence-corrected chi connectivity index (χ1v) is 5.79. The summed E-state index contributed by atoms with van der Waals surface area (Å²) in [4.78, 5) is 13.1. The lowest BCUT2D eigenvalue weighted by atomic mass is 10.2. The van der Waals surface area contributed by atoms with Crippen LogP contribution >= 0.6 is 0 Å². The first-order chi connectivity index (χ1) is 7.67. The summed E-state index contributed by atoms with van der Waals surface area (Å²) in [5.74, 6) is 2.38. The molecule has 2 N–H and O–H groups in total. The molecule has 2 heterocycles. The molecule has 0 fully saturated rings. The molecule has 5 nitrogen and oxygen atoms in total. The zero-order valence-electron chi connectivity index (χ0n) is 10.2. The van der Waals surface area contributed by atoms with E-state index < -0.39 is 0 Å². The van der Waals surface area contributed by atoms with Crippen LogP contribution in [0.15, 0.2) is 0 Å². The van der Waals surface area contributed by atoms with Crippen LogP contribution in [0.4, 0.5) is 17.6 Å². The molecule has 1 aliphatic heterocycles. The van der Waals surface area contributed by atoms with Gasteiger partial charge in [-0.1, -0.05) is 0 Å². The van der Waals surface area contributed by atoms with Crippen molar-refractivity contribution in [1.82, 2.24) is 9.97 Å². The molecule has 5 heteroatoms. The lowest BCUT2D eigenvalue weighted by Crippen LogP contribution is -2.25. The molecule has 0 spiro atoms. The lowest BCUT2D eigenvalue weighted by molar-refractivity contribution is 0.834. The number of nitrogen functional groups attached to an aromatic ring is 1. The van der Waals surface area contributed by atoms with Crippen LogP contribution in [-0.2, 0) is 6.42 Å². The molecule has 0 amide bonds. The second-order valence-electron chi connectivity index (χ2n) is 4.05. The highest BCUT2D eigenvalue weighted by atomic mass is 15.3. The van der Waals surface area contributed by atoms with Gasteiger partial charge in [0.15, 0.2) is 0 Å². The molecule has 16 heavy (non-hydrogen) atoms. The van der Waals surface area contributed by atoms with Gasteiger partial charge in [-0.3, -0.25) is 0 Å².